The summed E-state index contributed by atoms with van der Waals surface area (Å²) in [6, 6.07) is 3.28. The van der Waals surface area contributed by atoms with E-state index < -0.39 is 17.2 Å². The van der Waals surface area contributed by atoms with Gasteiger partial charge in [-0.05, 0) is 43.5 Å². The molecule has 0 spiro atoms. The van der Waals surface area contributed by atoms with Crippen molar-refractivity contribution in [2.45, 2.75) is 31.8 Å². The van der Waals surface area contributed by atoms with Crippen molar-refractivity contribution >= 4 is 5.91 Å². The minimum atomic E-state index is -1.22. The van der Waals surface area contributed by atoms with E-state index in [1.54, 1.807) is 31.0 Å². The van der Waals surface area contributed by atoms with E-state index >= 15 is 0 Å². The van der Waals surface area contributed by atoms with Crippen LogP contribution in [0.2, 0.25) is 0 Å². The first kappa shape index (κ1) is 18.1. The highest BCUT2D eigenvalue weighted by atomic mass is 19.1. The summed E-state index contributed by atoms with van der Waals surface area (Å²) in [4.78, 5) is 11.9. The summed E-state index contributed by atoms with van der Waals surface area (Å²) < 4.78 is 28.1. The van der Waals surface area contributed by atoms with Crippen LogP contribution in [-0.2, 0) is 23.9 Å². The normalized spacial score (nSPS) is 13.5. The van der Waals surface area contributed by atoms with Crippen LogP contribution in [0, 0.1) is 11.6 Å². The first-order valence-electron chi connectivity index (χ1n) is 7.70. The third-order valence-corrected chi connectivity index (χ3v) is 3.81. The van der Waals surface area contributed by atoms with Crippen molar-refractivity contribution in [2.75, 3.05) is 6.54 Å². The Hall–Kier alpha value is -2.28. The molecule has 0 bridgehead atoms. The van der Waals surface area contributed by atoms with Gasteiger partial charge in [0.05, 0.1) is 12.7 Å². The number of nitrogens with zero attached hydrogens (tertiary/aromatic N) is 2. The van der Waals surface area contributed by atoms with Gasteiger partial charge in [0.25, 0.3) is 0 Å². The summed E-state index contributed by atoms with van der Waals surface area (Å²) in [6.07, 6.45) is 4.05. The van der Waals surface area contributed by atoms with Crippen molar-refractivity contribution < 1.29 is 18.7 Å². The molecular weight excluding hydrogens is 316 g/mol. The lowest BCUT2D eigenvalue weighted by Gasteiger charge is -2.22. The first-order valence-corrected chi connectivity index (χ1v) is 7.70. The topological polar surface area (TPSA) is 67.2 Å². The molecule has 1 heterocycles. The molecule has 1 amide bonds. The summed E-state index contributed by atoms with van der Waals surface area (Å²) in [5, 5.41) is 17.0. The van der Waals surface area contributed by atoms with E-state index in [0.717, 1.165) is 18.2 Å². The maximum absolute atomic E-state index is 13.5. The average Bonchev–Trinajstić information content (AvgIpc) is 2.96. The van der Waals surface area contributed by atoms with Gasteiger partial charge in [-0.2, -0.15) is 5.10 Å². The molecule has 0 saturated carbocycles. The van der Waals surface area contributed by atoms with Crippen molar-refractivity contribution in [3.05, 3.63) is 53.4 Å². The number of halogens is 2. The number of benzene rings is 1. The monoisotopic (exact) mass is 337 g/mol. The zero-order chi connectivity index (χ0) is 17.7. The third kappa shape index (κ3) is 4.86. The highest BCUT2D eigenvalue weighted by Gasteiger charge is 2.25. The highest BCUT2D eigenvalue weighted by Crippen LogP contribution is 2.18. The van der Waals surface area contributed by atoms with Crippen LogP contribution in [0.3, 0.4) is 0 Å². The largest absolute Gasteiger partial charge is 0.383 e. The van der Waals surface area contributed by atoms with E-state index in [-0.39, 0.29) is 30.9 Å². The minimum Gasteiger partial charge on any atom is -0.383 e. The van der Waals surface area contributed by atoms with Gasteiger partial charge in [0.1, 0.15) is 17.2 Å². The van der Waals surface area contributed by atoms with Gasteiger partial charge < -0.3 is 10.4 Å². The highest BCUT2D eigenvalue weighted by molar-refractivity contribution is 5.75. The zero-order valence-electron chi connectivity index (χ0n) is 13.7. The van der Waals surface area contributed by atoms with E-state index in [2.05, 4.69) is 10.4 Å². The summed E-state index contributed by atoms with van der Waals surface area (Å²) in [7, 11) is 1.74. The van der Waals surface area contributed by atoms with E-state index in [0.29, 0.717) is 12.0 Å². The van der Waals surface area contributed by atoms with Crippen LogP contribution in [0.1, 0.15) is 30.9 Å². The molecule has 0 saturated heterocycles. The molecule has 2 aromatic rings. The van der Waals surface area contributed by atoms with Crippen molar-refractivity contribution in [3.8, 4) is 0 Å². The molecule has 7 heteroatoms. The van der Waals surface area contributed by atoms with Crippen LogP contribution in [0.5, 0.6) is 0 Å². The maximum Gasteiger partial charge on any atom is 0.220 e. The number of rotatable bonds is 7. The van der Waals surface area contributed by atoms with Crippen LogP contribution in [0.15, 0.2) is 30.6 Å². The van der Waals surface area contributed by atoms with Crippen molar-refractivity contribution in [1.29, 1.82) is 0 Å². The van der Waals surface area contributed by atoms with E-state index in [4.69, 9.17) is 0 Å². The van der Waals surface area contributed by atoms with E-state index in [1.165, 1.54) is 0 Å². The standard InChI is InChI=1S/C17H21F2N3O2/c1-17(24,13-9-21-22(2)10-13)11-20-16(23)5-3-4-12-8-14(18)6-7-15(12)19/h6-10,24H,3-5,11H2,1-2H3,(H,20,23). The fourth-order valence-corrected chi connectivity index (χ4v) is 2.33. The van der Waals surface area contributed by atoms with Crippen molar-refractivity contribution in [3.63, 3.8) is 0 Å². The quantitative estimate of drug-likeness (QED) is 0.812. The van der Waals surface area contributed by atoms with Crippen LogP contribution < -0.4 is 5.32 Å². The van der Waals surface area contributed by atoms with Gasteiger partial charge in [-0.25, -0.2) is 8.78 Å². The van der Waals surface area contributed by atoms with Crippen LogP contribution in [0.4, 0.5) is 8.78 Å². The van der Waals surface area contributed by atoms with Gasteiger partial charge in [-0.3, -0.25) is 9.48 Å². The Kier molecular flexibility index (Phi) is 5.66. The second-order valence-corrected chi connectivity index (χ2v) is 6.04. The Bertz CT molecular complexity index is 714. The second kappa shape index (κ2) is 7.53. The lowest BCUT2D eigenvalue weighted by Crippen LogP contribution is -2.38. The number of amides is 1. The summed E-state index contributed by atoms with van der Waals surface area (Å²) in [5.74, 6) is -1.23. The first-order chi connectivity index (χ1) is 11.3. The second-order valence-electron chi connectivity index (χ2n) is 6.04. The molecule has 0 aliphatic heterocycles. The number of aromatic nitrogens is 2. The molecule has 5 nitrogen and oxygen atoms in total. The van der Waals surface area contributed by atoms with Crippen molar-refractivity contribution in [2.24, 2.45) is 7.05 Å². The Morgan fingerprint density at radius 3 is 2.83 bits per heavy atom. The van der Waals surface area contributed by atoms with E-state index in [9.17, 15) is 18.7 Å². The van der Waals surface area contributed by atoms with Gasteiger partial charge in [0.15, 0.2) is 0 Å². The number of carbonyl (C=O) groups excluding carboxylic acids is 1. The molecule has 1 atom stereocenters. The van der Waals surface area contributed by atoms with Crippen molar-refractivity contribution in [1.82, 2.24) is 15.1 Å². The molecule has 2 rings (SSSR count). The molecule has 0 radical (unpaired) electrons. The number of carbonyl (C=O) groups is 1. The summed E-state index contributed by atoms with van der Waals surface area (Å²) >= 11 is 0. The molecule has 2 N–H and O–H groups in total. The number of aryl methyl sites for hydroxylation is 2. The van der Waals surface area contributed by atoms with Crippen LogP contribution in [0.25, 0.3) is 0 Å². The predicted octanol–water partition coefficient (Wildman–Crippen LogP) is 2.04. The molecule has 1 unspecified atom stereocenters. The Morgan fingerprint density at radius 1 is 1.42 bits per heavy atom. The number of hydrogen-bond acceptors (Lipinski definition) is 3. The minimum absolute atomic E-state index is 0.0475. The maximum atomic E-state index is 13.5. The summed E-state index contributed by atoms with van der Waals surface area (Å²) in [6.45, 7) is 1.64. The molecule has 1 aromatic heterocycles. The van der Waals surface area contributed by atoms with Gasteiger partial charge in [0.2, 0.25) is 5.91 Å². The number of hydrogen-bond donors (Lipinski definition) is 2. The Morgan fingerprint density at radius 2 is 2.17 bits per heavy atom. The molecule has 24 heavy (non-hydrogen) atoms. The fraction of sp³-hybridized carbons (Fsp3) is 0.412. The Labute approximate surface area is 139 Å². The molecule has 130 valence electrons. The lowest BCUT2D eigenvalue weighted by atomic mass is 9.99. The van der Waals surface area contributed by atoms with Gasteiger partial charge in [0, 0.05) is 25.2 Å². The fourth-order valence-electron chi connectivity index (χ4n) is 2.33. The molecule has 1 aromatic carbocycles. The zero-order valence-corrected chi connectivity index (χ0v) is 13.7. The van der Waals surface area contributed by atoms with Crippen LogP contribution in [-0.4, -0.2) is 27.3 Å². The summed E-state index contributed by atoms with van der Waals surface area (Å²) in [5.41, 5.74) is -0.365. The van der Waals surface area contributed by atoms with Gasteiger partial charge in [-0.15, -0.1) is 0 Å². The number of aliphatic hydroxyl groups is 1. The van der Waals surface area contributed by atoms with Gasteiger partial charge in [-0.1, -0.05) is 0 Å². The molecule has 0 aliphatic carbocycles. The third-order valence-electron chi connectivity index (χ3n) is 3.81. The molecule has 0 aliphatic rings. The average molecular weight is 337 g/mol. The lowest BCUT2D eigenvalue weighted by molar-refractivity contribution is -0.122. The number of nitrogens with one attached hydrogen (secondary N) is 1. The Balaban J connectivity index is 1.78. The van der Waals surface area contributed by atoms with Gasteiger partial charge >= 0.3 is 0 Å². The molecular formula is C17H21F2N3O2. The SMILES string of the molecule is Cn1cc(C(C)(O)CNC(=O)CCCc2cc(F)ccc2F)cn1. The van der Waals surface area contributed by atoms with Crippen LogP contribution >= 0.6 is 0 Å². The predicted molar refractivity (Wildman–Crippen MR) is 85.1 cm³/mol. The van der Waals surface area contributed by atoms with E-state index in [1.807, 2.05) is 0 Å². The smallest absolute Gasteiger partial charge is 0.220 e. The molecule has 0 fully saturated rings.